The highest BCUT2D eigenvalue weighted by molar-refractivity contribution is 5.19. The summed E-state index contributed by atoms with van der Waals surface area (Å²) in [7, 11) is 1.53. The van der Waals surface area contributed by atoms with Crippen LogP contribution in [0, 0.1) is 12.3 Å². The van der Waals surface area contributed by atoms with Crippen molar-refractivity contribution < 1.29 is 13.9 Å². The summed E-state index contributed by atoms with van der Waals surface area (Å²) in [6, 6.07) is 1.64. The summed E-state index contributed by atoms with van der Waals surface area (Å²) < 4.78 is 6.23. The molecule has 0 amide bonds. The molecule has 0 unspecified atom stereocenters. The van der Waals surface area contributed by atoms with Crippen molar-refractivity contribution in [2.24, 2.45) is 0 Å². The maximum Gasteiger partial charge on any atom is 0.217 e. The molecular formula is C23H42FN3O. The van der Waals surface area contributed by atoms with Crippen molar-refractivity contribution >= 4 is 0 Å². The molecule has 1 aromatic heterocycles. The van der Waals surface area contributed by atoms with Crippen LogP contribution in [0.3, 0.4) is 0 Å². The summed E-state index contributed by atoms with van der Waals surface area (Å²) in [5, 5.41) is 0. The lowest BCUT2D eigenvalue weighted by Crippen LogP contribution is -3.00. The van der Waals surface area contributed by atoms with Gasteiger partial charge >= 0.3 is 0 Å². The van der Waals surface area contributed by atoms with Gasteiger partial charge in [0, 0.05) is 12.3 Å². The maximum atomic E-state index is 5.04. The highest BCUT2D eigenvalue weighted by Crippen LogP contribution is 2.16. The standard InChI is InChI=1S/C16H36N.C7H6N2O.FH/c1-5-9-13-17(14-10-6-2,15-11-7-3)16-12-8-4;1-3-6-8-5-4-7(9-6)10-2;/h5-16H2,1-4H3;1,4-5H,2H3;1H/q+1;;/p-1. The third-order valence-corrected chi connectivity index (χ3v) is 4.91. The van der Waals surface area contributed by atoms with E-state index in [4.69, 9.17) is 11.2 Å². The molecule has 0 atom stereocenters. The Morgan fingerprint density at radius 3 is 1.64 bits per heavy atom. The summed E-state index contributed by atoms with van der Waals surface area (Å²) in [5.41, 5.74) is 0. The number of rotatable bonds is 13. The van der Waals surface area contributed by atoms with Gasteiger partial charge in [-0.15, -0.1) is 6.42 Å². The molecule has 0 fully saturated rings. The molecule has 1 rings (SSSR count). The van der Waals surface area contributed by atoms with E-state index in [2.05, 4.69) is 43.6 Å². The molecule has 0 aliphatic carbocycles. The molecule has 1 aromatic rings. The summed E-state index contributed by atoms with van der Waals surface area (Å²) in [4.78, 5) is 7.62. The first kappa shape index (κ1) is 28.5. The van der Waals surface area contributed by atoms with Crippen molar-refractivity contribution in [3.8, 4) is 18.2 Å². The minimum absolute atomic E-state index is 0. The zero-order valence-corrected chi connectivity index (χ0v) is 18.8. The summed E-state index contributed by atoms with van der Waals surface area (Å²) in [6.45, 7) is 15.0. The van der Waals surface area contributed by atoms with E-state index in [0.29, 0.717) is 11.7 Å². The lowest BCUT2D eigenvalue weighted by Gasteiger charge is -2.39. The van der Waals surface area contributed by atoms with E-state index >= 15 is 0 Å². The Bertz CT molecular complexity index is 479. The van der Waals surface area contributed by atoms with Gasteiger partial charge in [-0.1, -0.05) is 53.4 Å². The molecule has 0 aromatic carbocycles. The first-order valence-electron chi connectivity index (χ1n) is 10.8. The van der Waals surface area contributed by atoms with E-state index in [1.54, 1.807) is 12.3 Å². The molecule has 0 radical (unpaired) electrons. The monoisotopic (exact) mass is 395 g/mol. The second-order valence-corrected chi connectivity index (χ2v) is 7.22. The van der Waals surface area contributed by atoms with Gasteiger partial charge in [-0.2, -0.15) is 4.98 Å². The number of aromatic nitrogens is 2. The van der Waals surface area contributed by atoms with Crippen LogP contribution in [0.5, 0.6) is 5.88 Å². The Balaban J connectivity index is 0. The van der Waals surface area contributed by atoms with E-state index in [9.17, 15) is 0 Å². The number of quaternary nitrogens is 1. The van der Waals surface area contributed by atoms with Gasteiger partial charge in [-0.25, -0.2) is 4.98 Å². The molecule has 0 aliphatic heterocycles. The number of unbranched alkanes of at least 4 members (excludes halogenated alkanes) is 4. The van der Waals surface area contributed by atoms with Crippen LogP contribution in [0.15, 0.2) is 12.3 Å². The summed E-state index contributed by atoms with van der Waals surface area (Å²) in [5.74, 6) is 3.13. The van der Waals surface area contributed by atoms with Crippen molar-refractivity contribution in [3.63, 3.8) is 0 Å². The average molecular weight is 396 g/mol. The topological polar surface area (TPSA) is 35.0 Å². The van der Waals surface area contributed by atoms with Crippen LogP contribution in [0.4, 0.5) is 0 Å². The molecule has 5 heteroatoms. The van der Waals surface area contributed by atoms with Gasteiger partial charge in [0.2, 0.25) is 11.7 Å². The Morgan fingerprint density at radius 2 is 1.32 bits per heavy atom. The van der Waals surface area contributed by atoms with E-state index in [1.165, 1.54) is 89.1 Å². The molecule has 162 valence electrons. The fourth-order valence-electron chi connectivity index (χ4n) is 3.17. The van der Waals surface area contributed by atoms with Crippen LogP contribution in [-0.2, 0) is 0 Å². The number of terminal acetylenes is 1. The lowest BCUT2D eigenvalue weighted by atomic mass is 10.1. The van der Waals surface area contributed by atoms with Crippen LogP contribution < -0.4 is 9.44 Å². The Kier molecular flexibility index (Phi) is 19.0. The van der Waals surface area contributed by atoms with Gasteiger partial charge in [0.1, 0.15) is 0 Å². The van der Waals surface area contributed by atoms with Gasteiger partial charge in [0.05, 0.1) is 33.3 Å². The van der Waals surface area contributed by atoms with Crippen molar-refractivity contribution in [1.29, 1.82) is 0 Å². The first-order chi connectivity index (χ1) is 13.1. The van der Waals surface area contributed by atoms with E-state index in [1.807, 2.05) is 0 Å². The van der Waals surface area contributed by atoms with Gasteiger partial charge in [0.25, 0.3) is 0 Å². The fraction of sp³-hybridized carbons (Fsp3) is 0.739. The largest absolute Gasteiger partial charge is 1.00 e. The van der Waals surface area contributed by atoms with Crippen LogP contribution in [0.25, 0.3) is 0 Å². The molecule has 4 nitrogen and oxygen atoms in total. The molecule has 1 heterocycles. The molecule has 0 saturated carbocycles. The number of hydrogen-bond donors (Lipinski definition) is 0. The Labute approximate surface area is 173 Å². The van der Waals surface area contributed by atoms with E-state index in [0.717, 1.165) is 0 Å². The second kappa shape index (κ2) is 18.7. The highest BCUT2D eigenvalue weighted by atomic mass is 19.0. The molecular weight excluding hydrogens is 353 g/mol. The second-order valence-electron chi connectivity index (χ2n) is 7.22. The maximum absolute atomic E-state index is 5.04. The van der Waals surface area contributed by atoms with Crippen molar-refractivity contribution in [2.75, 3.05) is 33.3 Å². The normalized spacial score (nSPS) is 10.3. The van der Waals surface area contributed by atoms with E-state index < -0.39 is 0 Å². The number of nitrogens with zero attached hydrogens (tertiary/aromatic N) is 3. The number of ether oxygens (including phenoxy) is 1. The summed E-state index contributed by atoms with van der Waals surface area (Å²) in [6.07, 6.45) is 17.7. The minimum atomic E-state index is 0. The average Bonchev–Trinajstić information content (AvgIpc) is 2.73. The van der Waals surface area contributed by atoms with Crippen LogP contribution in [-0.4, -0.2) is 47.7 Å². The summed E-state index contributed by atoms with van der Waals surface area (Å²) >= 11 is 0. The van der Waals surface area contributed by atoms with Crippen LogP contribution >= 0.6 is 0 Å². The predicted molar refractivity (Wildman–Crippen MR) is 116 cm³/mol. The zero-order chi connectivity index (χ0) is 20.4. The molecule has 0 saturated heterocycles. The smallest absolute Gasteiger partial charge is 0.217 e. The third kappa shape index (κ3) is 12.7. The SMILES string of the molecule is C#Cc1nccc(OC)n1.CCCC[N+](CCCC)(CCCC)CCCC.[F-]. The Morgan fingerprint density at radius 1 is 0.893 bits per heavy atom. The van der Waals surface area contributed by atoms with Gasteiger partial charge < -0.3 is 13.9 Å². The van der Waals surface area contributed by atoms with Gasteiger partial charge in [0.15, 0.2) is 0 Å². The molecule has 0 N–H and O–H groups in total. The first-order valence-corrected chi connectivity index (χ1v) is 10.8. The lowest BCUT2D eigenvalue weighted by molar-refractivity contribution is -0.929. The number of hydrogen-bond acceptors (Lipinski definition) is 3. The van der Waals surface area contributed by atoms with Crippen molar-refractivity contribution in [1.82, 2.24) is 9.97 Å². The van der Waals surface area contributed by atoms with Crippen molar-refractivity contribution in [3.05, 3.63) is 18.1 Å². The third-order valence-electron chi connectivity index (χ3n) is 4.91. The zero-order valence-electron chi connectivity index (χ0n) is 18.8. The minimum Gasteiger partial charge on any atom is -1.00 e. The van der Waals surface area contributed by atoms with E-state index in [-0.39, 0.29) is 4.70 Å². The highest BCUT2D eigenvalue weighted by Gasteiger charge is 2.24. The molecule has 0 bridgehead atoms. The molecule has 0 spiro atoms. The van der Waals surface area contributed by atoms with Crippen LogP contribution in [0.1, 0.15) is 84.9 Å². The number of methoxy groups -OCH3 is 1. The van der Waals surface area contributed by atoms with Gasteiger partial charge in [-0.3, -0.25) is 0 Å². The number of halogens is 1. The Hall–Kier alpha value is -1.67. The van der Waals surface area contributed by atoms with Crippen molar-refractivity contribution in [2.45, 2.75) is 79.1 Å². The molecule has 28 heavy (non-hydrogen) atoms. The van der Waals surface area contributed by atoms with Gasteiger partial charge in [-0.05, 0) is 31.6 Å². The quantitative estimate of drug-likeness (QED) is 0.380. The molecule has 0 aliphatic rings. The fourth-order valence-corrected chi connectivity index (χ4v) is 3.17. The van der Waals surface area contributed by atoms with Crippen LogP contribution in [0.2, 0.25) is 0 Å². The predicted octanol–water partition coefficient (Wildman–Crippen LogP) is 2.47.